The number of aromatic nitrogens is 3. The zero-order chi connectivity index (χ0) is 12.7. The summed E-state index contributed by atoms with van der Waals surface area (Å²) in [6.45, 7) is 1.91. The number of carbonyl (C=O) groups excluding carboxylic acids is 1. The van der Waals surface area contributed by atoms with Gasteiger partial charge in [-0.15, -0.1) is 0 Å². The molecular formula is C12H13N5O. The third-order valence-corrected chi connectivity index (χ3v) is 2.89. The van der Waals surface area contributed by atoms with E-state index in [1.807, 2.05) is 32.3 Å². The van der Waals surface area contributed by atoms with Crippen molar-refractivity contribution in [2.24, 2.45) is 7.05 Å². The predicted octanol–water partition coefficient (Wildman–Crippen LogP) is 1.23. The molecule has 0 saturated heterocycles. The number of hydrogen-bond acceptors (Lipinski definition) is 4. The fourth-order valence-electron chi connectivity index (χ4n) is 2.00. The van der Waals surface area contributed by atoms with Gasteiger partial charge in [-0.1, -0.05) is 0 Å². The van der Waals surface area contributed by atoms with Gasteiger partial charge in [0.25, 0.3) is 5.91 Å². The van der Waals surface area contributed by atoms with E-state index in [9.17, 15) is 4.79 Å². The lowest BCUT2D eigenvalue weighted by atomic mass is 10.1. The van der Waals surface area contributed by atoms with Crippen LogP contribution >= 0.6 is 0 Å². The molecule has 0 aromatic carbocycles. The van der Waals surface area contributed by atoms with Crippen molar-refractivity contribution in [3.63, 3.8) is 0 Å². The van der Waals surface area contributed by atoms with Gasteiger partial charge in [-0.3, -0.25) is 9.48 Å². The van der Waals surface area contributed by atoms with Gasteiger partial charge in [-0.2, -0.15) is 5.10 Å². The van der Waals surface area contributed by atoms with Gasteiger partial charge in [0.05, 0.1) is 11.9 Å². The highest BCUT2D eigenvalue weighted by Gasteiger charge is 2.28. The van der Waals surface area contributed by atoms with Gasteiger partial charge in [0.2, 0.25) is 0 Å². The minimum atomic E-state index is -0.444. The van der Waals surface area contributed by atoms with Crippen LogP contribution in [-0.4, -0.2) is 20.7 Å². The third kappa shape index (κ3) is 1.71. The first kappa shape index (κ1) is 10.8. The first-order valence-electron chi connectivity index (χ1n) is 5.67. The summed E-state index contributed by atoms with van der Waals surface area (Å²) in [6.07, 6.45) is 3.50. The summed E-state index contributed by atoms with van der Waals surface area (Å²) in [6, 6.07) is 3.27. The highest BCUT2D eigenvalue weighted by molar-refractivity contribution is 6.02. The van der Waals surface area contributed by atoms with E-state index in [1.54, 1.807) is 10.9 Å². The van der Waals surface area contributed by atoms with Crippen molar-refractivity contribution in [3.8, 4) is 0 Å². The molecule has 18 heavy (non-hydrogen) atoms. The van der Waals surface area contributed by atoms with Gasteiger partial charge in [-0.05, 0) is 19.1 Å². The Balaban J connectivity index is 1.98. The van der Waals surface area contributed by atoms with Gasteiger partial charge in [0.15, 0.2) is 5.82 Å². The van der Waals surface area contributed by atoms with Crippen LogP contribution in [0.2, 0.25) is 0 Å². The van der Waals surface area contributed by atoms with E-state index in [0.29, 0.717) is 11.5 Å². The van der Waals surface area contributed by atoms with E-state index in [-0.39, 0.29) is 5.91 Å². The van der Waals surface area contributed by atoms with Crippen molar-refractivity contribution in [1.29, 1.82) is 0 Å². The maximum absolute atomic E-state index is 12.0. The third-order valence-electron chi connectivity index (χ3n) is 2.89. The molecule has 3 rings (SSSR count). The molecule has 6 heteroatoms. The molecule has 1 aliphatic rings. The highest BCUT2D eigenvalue weighted by atomic mass is 16.2. The lowest BCUT2D eigenvalue weighted by Crippen LogP contribution is -2.32. The summed E-state index contributed by atoms with van der Waals surface area (Å²) in [5.41, 5.74) is 2.44. The molecule has 1 unspecified atom stereocenters. The number of rotatable bonds is 1. The Kier molecular flexibility index (Phi) is 2.29. The Bertz CT molecular complexity index is 619. The van der Waals surface area contributed by atoms with Crippen molar-refractivity contribution in [1.82, 2.24) is 14.8 Å². The molecule has 2 aromatic rings. The van der Waals surface area contributed by atoms with Crippen LogP contribution in [0.25, 0.3) is 0 Å². The zero-order valence-corrected chi connectivity index (χ0v) is 10.1. The average molecular weight is 243 g/mol. The van der Waals surface area contributed by atoms with E-state index in [0.717, 1.165) is 11.3 Å². The Labute approximate surface area is 104 Å². The molecule has 0 saturated carbocycles. The molecule has 0 fully saturated rings. The molecule has 6 nitrogen and oxygen atoms in total. The first-order chi connectivity index (χ1) is 8.63. The van der Waals surface area contributed by atoms with Gasteiger partial charge >= 0.3 is 0 Å². The van der Waals surface area contributed by atoms with E-state index in [4.69, 9.17) is 0 Å². The van der Waals surface area contributed by atoms with Gasteiger partial charge in [0, 0.05) is 24.5 Å². The topological polar surface area (TPSA) is 71.8 Å². The average Bonchev–Trinajstić information content (AvgIpc) is 2.75. The zero-order valence-electron chi connectivity index (χ0n) is 10.1. The van der Waals surface area contributed by atoms with Gasteiger partial charge in [-0.25, -0.2) is 4.98 Å². The maximum Gasteiger partial charge on any atom is 0.251 e. The van der Waals surface area contributed by atoms with Crippen LogP contribution in [0.4, 0.5) is 11.5 Å². The van der Waals surface area contributed by atoms with Crippen molar-refractivity contribution >= 4 is 17.4 Å². The van der Waals surface area contributed by atoms with Crippen molar-refractivity contribution < 1.29 is 4.79 Å². The molecule has 2 aromatic heterocycles. The number of amides is 1. The number of aryl methyl sites for hydroxylation is 2. The standard InChI is InChI=1S/C12H13N5O/c1-7-3-4-9-11(14-7)16-10(12(18)15-9)8-5-13-17(2)6-8/h3-6,10H,1-2H3,(H,14,16)(H,15,18). The van der Waals surface area contributed by atoms with Gasteiger partial charge < -0.3 is 10.6 Å². The Morgan fingerprint density at radius 3 is 2.94 bits per heavy atom. The second-order valence-corrected chi connectivity index (χ2v) is 4.36. The van der Waals surface area contributed by atoms with Crippen LogP contribution in [0.1, 0.15) is 17.3 Å². The summed E-state index contributed by atoms with van der Waals surface area (Å²) in [7, 11) is 1.82. The Hall–Kier alpha value is -2.37. The number of anilines is 2. The van der Waals surface area contributed by atoms with Crippen LogP contribution in [-0.2, 0) is 11.8 Å². The van der Waals surface area contributed by atoms with Crippen LogP contribution < -0.4 is 10.6 Å². The summed E-state index contributed by atoms with van der Waals surface area (Å²) in [4.78, 5) is 16.4. The van der Waals surface area contributed by atoms with E-state index < -0.39 is 6.04 Å². The number of hydrogen-bond donors (Lipinski definition) is 2. The molecule has 0 bridgehead atoms. The van der Waals surface area contributed by atoms with Crippen LogP contribution in [0.15, 0.2) is 24.5 Å². The fourth-order valence-corrected chi connectivity index (χ4v) is 2.00. The summed E-state index contributed by atoms with van der Waals surface area (Å²) in [5, 5.41) is 10.1. The largest absolute Gasteiger partial charge is 0.353 e. The highest BCUT2D eigenvalue weighted by Crippen LogP contribution is 2.30. The molecule has 1 aliphatic heterocycles. The molecule has 1 atom stereocenters. The fraction of sp³-hybridized carbons (Fsp3) is 0.250. The van der Waals surface area contributed by atoms with Gasteiger partial charge in [0.1, 0.15) is 6.04 Å². The van der Waals surface area contributed by atoms with Crippen molar-refractivity contribution in [2.75, 3.05) is 10.6 Å². The minimum Gasteiger partial charge on any atom is -0.353 e. The second-order valence-electron chi connectivity index (χ2n) is 4.36. The summed E-state index contributed by atoms with van der Waals surface area (Å²) >= 11 is 0. The lowest BCUT2D eigenvalue weighted by Gasteiger charge is -2.25. The molecule has 2 N–H and O–H groups in total. The van der Waals surface area contributed by atoms with Crippen LogP contribution in [0, 0.1) is 6.92 Å². The number of nitrogens with one attached hydrogen (secondary N) is 2. The predicted molar refractivity (Wildman–Crippen MR) is 67.2 cm³/mol. The first-order valence-corrected chi connectivity index (χ1v) is 5.67. The van der Waals surface area contributed by atoms with Crippen LogP contribution in [0.3, 0.4) is 0 Å². The second kappa shape index (κ2) is 3.83. The molecule has 0 aliphatic carbocycles. The minimum absolute atomic E-state index is 0.0962. The summed E-state index contributed by atoms with van der Waals surface area (Å²) < 4.78 is 1.67. The maximum atomic E-state index is 12.0. The molecule has 0 spiro atoms. The van der Waals surface area contributed by atoms with Crippen LogP contribution in [0.5, 0.6) is 0 Å². The number of pyridine rings is 1. The van der Waals surface area contributed by atoms with Crippen molar-refractivity contribution in [3.05, 3.63) is 35.8 Å². The molecule has 3 heterocycles. The quantitative estimate of drug-likeness (QED) is 0.790. The number of nitrogens with zero attached hydrogens (tertiary/aromatic N) is 3. The van der Waals surface area contributed by atoms with E-state index in [2.05, 4.69) is 20.7 Å². The van der Waals surface area contributed by atoms with Crippen molar-refractivity contribution in [2.45, 2.75) is 13.0 Å². The smallest absolute Gasteiger partial charge is 0.251 e. The molecule has 1 amide bonds. The van der Waals surface area contributed by atoms with E-state index >= 15 is 0 Å². The molecule has 0 radical (unpaired) electrons. The monoisotopic (exact) mass is 243 g/mol. The SMILES string of the molecule is Cc1ccc2c(n1)NC(c1cnn(C)c1)C(=O)N2. The Morgan fingerprint density at radius 1 is 1.39 bits per heavy atom. The number of fused-ring (bicyclic) bond motifs is 1. The normalized spacial score (nSPS) is 17.9. The Morgan fingerprint density at radius 2 is 2.22 bits per heavy atom. The summed E-state index contributed by atoms with van der Waals surface area (Å²) in [5.74, 6) is 0.601. The molecular weight excluding hydrogens is 230 g/mol. The van der Waals surface area contributed by atoms with E-state index in [1.165, 1.54) is 0 Å². The number of carbonyl (C=O) groups is 1. The lowest BCUT2D eigenvalue weighted by molar-refractivity contribution is -0.117. The molecule has 92 valence electrons.